The summed E-state index contributed by atoms with van der Waals surface area (Å²) in [5.74, 6) is 0.819. The SMILES string of the molecule is Cn1cc(CNc2ncnc3[nH]ccc23)c(-c2ccccc2)n1. The molecule has 3 heterocycles. The molecule has 0 amide bonds. The smallest absolute Gasteiger partial charge is 0.142 e. The van der Waals surface area contributed by atoms with Crippen molar-refractivity contribution in [2.75, 3.05) is 5.32 Å². The first-order chi connectivity index (χ1) is 11.3. The number of aromatic nitrogens is 5. The molecule has 6 heteroatoms. The normalized spacial score (nSPS) is 11.0. The fraction of sp³-hybridized carbons (Fsp3) is 0.118. The Kier molecular flexibility index (Phi) is 3.27. The summed E-state index contributed by atoms with van der Waals surface area (Å²) in [5.41, 5.74) is 4.05. The van der Waals surface area contributed by atoms with Crippen molar-refractivity contribution in [2.24, 2.45) is 7.05 Å². The number of H-pyrrole nitrogens is 1. The van der Waals surface area contributed by atoms with Crippen molar-refractivity contribution in [3.05, 3.63) is 60.7 Å². The third kappa shape index (κ3) is 2.55. The Balaban J connectivity index is 1.64. The minimum atomic E-state index is 0.648. The lowest BCUT2D eigenvalue weighted by Gasteiger charge is -2.06. The van der Waals surface area contributed by atoms with Crippen molar-refractivity contribution >= 4 is 16.9 Å². The van der Waals surface area contributed by atoms with Crippen LogP contribution in [0.1, 0.15) is 5.56 Å². The number of benzene rings is 1. The van der Waals surface area contributed by atoms with Crippen LogP contribution in [0.2, 0.25) is 0 Å². The standard InChI is InChI=1S/C17H16N6/c1-23-10-13(15(22-23)12-5-3-2-4-6-12)9-19-17-14-7-8-18-16(14)20-11-21-17/h2-8,10-11H,9H2,1H3,(H2,18,19,20,21). The van der Waals surface area contributed by atoms with E-state index in [-0.39, 0.29) is 0 Å². The second kappa shape index (κ2) is 5.57. The topological polar surface area (TPSA) is 71.4 Å². The Morgan fingerprint density at radius 1 is 1.13 bits per heavy atom. The molecule has 114 valence electrons. The van der Waals surface area contributed by atoms with Crippen LogP contribution in [-0.4, -0.2) is 24.7 Å². The molecule has 23 heavy (non-hydrogen) atoms. The van der Waals surface area contributed by atoms with Crippen LogP contribution in [0.5, 0.6) is 0 Å². The van der Waals surface area contributed by atoms with E-state index < -0.39 is 0 Å². The Bertz CT molecular complexity index is 938. The van der Waals surface area contributed by atoms with E-state index in [0.717, 1.165) is 33.7 Å². The van der Waals surface area contributed by atoms with Crippen LogP contribution in [0.15, 0.2) is 55.1 Å². The molecular formula is C17H16N6. The molecular weight excluding hydrogens is 288 g/mol. The van der Waals surface area contributed by atoms with Crippen molar-refractivity contribution in [3.63, 3.8) is 0 Å². The highest BCUT2D eigenvalue weighted by Crippen LogP contribution is 2.23. The molecule has 2 N–H and O–H groups in total. The predicted octanol–water partition coefficient (Wildman–Crippen LogP) is 2.97. The predicted molar refractivity (Wildman–Crippen MR) is 89.9 cm³/mol. The van der Waals surface area contributed by atoms with E-state index in [1.807, 2.05) is 48.4 Å². The number of aromatic amines is 1. The summed E-state index contributed by atoms with van der Waals surface area (Å²) < 4.78 is 1.84. The zero-order valence-electron chi connectivity index (χ0n) is 12.7. The number of hydrogen-bond acceptors (Lipinski definition) is 4. The van der Waals surface area contributed by atoms with Crippen molar-refractivity contribution in [3.8, 4) is 11.3 Å². The van der Waals surface area contributed by atoms with Crippen molar-refractivity contribution in [1.82, 2.24) is 24.7 Å². The molecule has 0 spiro atoms. The lowest BCUT2D eigenvalue weighted by Crippen LogP contribution is -2.02. The van der Waals surface area contributed by atoms with Gasteiger partial charge in [-0.1, -0.05) is 30.3 Å². The van der Waals surface area contributed by atoms with E-state index in [4.69, 9.17) is 0 Å². The quantitative estimate of drug-likeness (QED) is 0.608. The van der Waals surface area contributed by atoms with E-state index in [9.17, 15) is 0 Å². The van der Waals surface area contributed by atoms with Crippen molar-refractivity contribution in [1.29, 1.82) is 0 Å². The van der Waals surface area contributed by atoms with Gasteiger partial charge in [-0.05, 0) is 6.07 Å². The number of anilines is 1. The number of nitrogens with one attached hydrogen (secondary N) is 2. The van der Waals surface area contributed by atoms with Gasteiger partial charge in [-0.15, -0.1) is 0 Å². The van der Waals surface area contributed by atoms with Crippen LogP contribution < -0.4 is 5.32 Å². The Morgan fingerprint density at radius 3 is 2.87 bits per heavy atom. The minimum absolute atomic E-state index is 0.648. The molecule has 0 aliphatic heterocycles. The van der Waals surface area contributed by atoms with Gasteiger partial charge in [-0.2, -0.15) is 5.10 Å². The fourth-order valence-corrected chi connectivity index (χ4v) is 2.70. The van der Waals surface area contributed by atoms with Gasteiger partial charge < -0.3 is 10.3 Å². The van der Waals surface area contributed by atoms with Gasteiger partial charge in [0.25, 0.3) is 0 Å². The van der Waals surface area contributed by atoms with Gasteiger partial charge in [0.1, 0.15) is 17.8 Å². The summed E-state index contributed by atoms with van der Waals surface area (Å²) in [4.78, 5) is 11.6. The monoisotopic (exact) mass is 304 g/mol. The zero-order chi connectivity index (χ0) is 15.6. The number of rotatable bonds is 4. The van der Waals surface area contributed by atoms with E-state index in [1.165, 1.54) is 0 Å². The third-order valence-electron chi connectivity index (χ3n) is 3.75. The largest absolute Gasteiger partial charge is 0.365 e. The number of aryl methyl sites for hydroxylation is 1. The lowest BCUT2D eigenvalue weighted by molar-refractivity contribution is 0.770. The summed E-state index contributed by atoms with van der Waals surface area (Å²) >= 11 is 0. The van der Waals surface area contributed by atoms with Crippen LogP contribution in [0.25, 0.3) is 22.3 Å². The van der Waals surface area contributed by atoms with Gasteiger partial charge in [0.15, 0.2) is 0 Å². The summed E-state index contributed by atoms with van der Waals surface area (Å²) in [5, 5.41) is 8.96. The van der Waals surface area contributed by atoms with Gasteiger partial charge in [-0.25, -0.2) is 9.97 Å². The Morgan fingerprint density at radius 2 is 2.00 bits per heavy atom. The molecule has 0 aliphatic carbocycles. The highest BCUT2D eigenvalue weighted by Gasteiger charge is 2.11. The zero-order valence-corrected chi connectivity index (χ0v) is 12.7. The molecule has 6 nitrogen and oxygen atoms in total. The number of fused-ring (bicyclic) bond motifs is 1. The first kappa shape index (κ1) is 13.5. The molecule has 3 aromatic heterocycles. The van der Waals surface area contributed by atoms with Crippen molar-refractivity contribution in [2.45, 2.75) is 6.54 Å². The second-order valence-corrected chi connectivity index (χ2v) is 5.36. The molecule has 0 atom stereocenters. The molecule has 4 rings (SSSR count). The molecule has 0 saturated carbocycles. The van der Waals surface area contributed by atoms with Crippen LogP contribution in [0.3, 0.4) is 0 Å². The maximum absolute atomic E-state index is 4.58. The van der Waals surface area contributed by atoms with Gasteiger partial charge in [0.2, 0.25) is 0 Å². The highest BCUT2D eigenvalue weighted by molar-refractivity contribution is 5.86. The van der Waals surface area contributed by atoms with Gasteiger partial charge in [0, 0.05) is 37.1 Å². The van der Waals surface area contributed by atoms with Crippen LogP contribution in [0.4, 0.5) is 5.82 Å². The summed E-state index contributed by atoms with van der Waals surface area (Å²) in [6.07, 6.45) is 5.46. The third-order valence-corrected chi connectivity index (χ3v) is 3.75. The Hall–Kier alpha value is -3.15. The fourth-order valence-electron chi connectivity index (χ4n) is 2.70. The van der Waals surface area contributed by atoms with Gasteiger partial charge in [-0.3, -0.25) is 4.68 Å². The summed E-state index contributed by atoms with van der Waals surface area (Å²) in [6.45, 7) is 0.648. The van der Waals surface area contributed by atoms with E-state index >= 15 is 0 Å². The summed E-state index contributed by atoms with van der Waals surface area (Å²) in [6, 6.07) is 12.2. The van der Waals surface area contributed by atoms with Crippen LogP contribution >= 0.6 is 0 Å². The average Bonchev–Trinajstić information content (AvgIpc) is 3.20. The second-order valence-electron chi connectivity index (χ2n) is 5.36. The lowest BCUT2D eigenvalue weighted by atomic mass is 10.1. The maximum atomic E-state index is 4.58. The number of hydrogen-bond donors (Lipinski definition) is 2. The molecule has 0 aliphatic rings. The Labute approximate surface area is 133 Å². The summed E-state index contributed by atoms with van der Waals surface area (Å²) in [7, 11) is 1.94. The van der Waals surface area contributed by atoms with Gasteiger partial charge in [0.05, 0.1) is 11.1 Å². The molecule has 1 aromatic carbocycles. The van der Waals surface area contributed by atoms with E-state index in [1.54, 1.807) is 6.33 Å². The maximum Gasteiger partial charge on any atom is 0.142 e. The highest BCUT2D eigenvalue weighted by atomic mass is 15.3. The number of nitrogens with zero attached hydrogens (tertiary/aromatic N) is 4. The minimum Gasteiger partial charge on any atom is -0.365 e. The van der Waals surface area contributed by atoms with E-state index in [0.29, 0.717) is 6.54 Å². The van der Waals surface area contributed by atoms with Gasteiger partial charge >= 0.3 is 0 Å². The van der Waals surface area contributed by atoms with Crippen molar-refractivity contribution < 1.29 is 0 Å². The molecule has 0 saturated heterocycles. The first-order valence-corrected chi connectivity index (χ1v) is 7.41. The first-order valence-electron chi connectivity index (χ1n) is 7.41. The molecule has 0 fully saturated rings. The van der Waals surface area contributed by atoms with E-state index in [2.05, 4.69) is 37.5 Å². The average molecular weight is 304 g/mol. The van der Waals surface area contributed by atoms with Crippen LogP contribution in [0, 0.1) is 0 Å². The molecule has 0 bridgehead atoms. The molecule has 4 aromatic rings. The van der Waals surface area contributed by atoms with Crippen LogP contribution in [-0.2, 0) is 13.6 Å². The molecule has 0 radical (unpaired) electrons. The molecule has 0 unspecified atom stereocenters.